The minimum atomic E-state index is -0.716. The molecular weight excluding hydrogens is 280 g/mol. The minimum Gasteiger partial charge on any atom is -0.465 e. The molecule has 1 aromatic rings. The van der Waals surface area contributed by atoms with Gasteiger partial charge in [-0.25, -0.2) is 4.79 Å². The third-order valence-electron chi connectivity index (χ3n) is 1.81. The number of carbonyl (C=O) groups excluding carboxylic acids is 1. The first-order valence-corrected chi connectivity index (χ1v) is 4.77. The van der Waals surface area contributed by atoms with E-state index < -0.39 is 10.9 Å². The molecule has 1 rings (SSSR count). The molecule has 0 N–H and O–H groups in total. The van der Waals surface area contributed by atoms with Crippen LogP contribution < -0.4 is 0 Å². The van der Waals surface area contributed by atoms with Crippen molar-refractivity contribution in [3.8, 4) is 6.07 Å². The molecule has 0 aliphatic heterocycles. The van der Waals surface area contributed by atoms with E-state index in [1.807, 2.05) is 0 Å². The number of benzene rings is 1. The lowest BCUT2D eigenvalue weighted by Gasteiger charge is -2.03. The fourth-order valence-corrected chi connectivity index (χ4v) is 1.56. The van der Waals surface area contributed by atoms with Crippen LogP contribution in [0.25, 0.3) is 0 Å². The Hall–Kier alpha value is -1.94. The van der Waals surface area contributed by atoms with Crippen LogP contribution in [0.5, 0.6) is 0 Å². The molecule has 0 atom stereocenters. The lowest BCUT2D eigenvalue weighted by molar-refractivity contribution is -0.385. The number of rotatable bonds is 2. The van der Waals surface area contributed by atoms with E-state index in [-0.39, 0.29) is 21.3 Å². The van der Waals surface area contributed by atoms with Crippen LogP contribution in [0, 0.1) is 21.4 Å². The molecule has 82 valence electrons. The lowest BCUT2D eigenvalue weighted by Crippen LogP contribution is -2.05. The highest BCUT2D eigenvalue weighted by atomic mass is 79.9. The van der Waals surface area contributed by atoms with Gasteiger partial charge in [-0.05, 0) is 22.0 Å². The number of nitriles is 1. The van der Waals surface area contributed by atoms with Gasteiger partial charge in [0.05, 0.1) is 27.6 Å². The van der Waals surface area contributed by atoms with Crippen molar-refractivity contribution in [1.29, 1.82) is 5.26 Å². The Labute approximate surface area is 98.7 Å². The summed E-state index contributed by atoms with van der Waals surface area (Å²) in [6.07, 6.45) is 0. The van der Waals surface area contributed by atoms with Crippen molar-refractivity contribution in [1.82, 2.24) is 0 Å². The predicted molar refractivity (Wildman–Crippen MR) is 56.9 cm³/mol. The Morgan fingerprint density at radius 3 is 2.69 bits per heavy atom. The molecule has 0 spiro atoms. The number of hydrogen-bond donors (Lipinski definition) is 0. The number of carbonyl (C=O) groups is 1. The third kappa shape index (κ3) is 2.17. The van der Waals surface area contributed by atoms with Crippen molar-refractivity contribution >= 4 is 27.6 Å². The van der Waals surface area contributed by atoms with Gasteiger partial charge in [-0.2, -0.15) is 5.26 Å². The Balaban J connectivity index is 3.45. The number of nitro benzene ring substituents is 1. The highest BCUT2D eigenvalue weighted by molar-refractivity contribution is 9.10. The largest absolute Gasteiger partial charge is 0.465 e. The van der Waals surface area contributed by atoms with Crippen molar-refractivity contribution in [2.24, 2.45) is 0 Å². The van der Waals surface area contributed by atoms with E-state index >= 15 is 0 Å². The van der Waals surface area contributed by atoms with Gasteiger partial charge < -0.3 is 4.74 Å². The zero-order chi connectivity index (χ0) is 12.3. The molecule has 7 heteroatoms. The zero-order valence-electron chi connectivity index (χ0n) is 8.06. The summed E-state index contributed by atoms with van der Waals surface area (Å²) in [6, 6.07) is 3.93. The molecule has 0 saturated heterocycles. The Morgan fingerprint density at radius 1 is 1.62 bits per heavy atom. The molecule has 0 aliphatic rings. The first kappa shape index (κ1) is 12.1. The van der Waals surface area contributed by atoms with E-state index in [4.69, 9.17) is 5.26 Å². The quantitative estimate of drug-likeness (QED) is 0.470. The van der Waals surface area contributed by atoms with Crippen LogP contribution in [0.4, 0.5) is 5.69 Å². The Kier molecular flexibility index (Phi) is 3.58. The summed E-state index contributed by atoms with van der Waals surface area (Å²) >= 11 is 2.95. The van der Waals surface area contributed by atoms with E-state index in [2.05, 4.69) is 20.7 Å². The van der Waals surface area contributed by atoms with E-state index in [0.29, 0.717) is 0 Å². The molecule has 0 fully saturated rings. The molecule has 0 saturated carbocycles. The molecule has 6 nitrogen and oxygen atoms in total. The van der Waals surface area contributed by atoms with Crippen LogP contribution in [0.15, 0.2) is 16.6 Å². The van der Waals surface area contributed by atoms with Crippen LogP contribution in [0.2, 0.25) is 0 Å². The van der Waals surface area contributed by atoms with Gasteiger partial charge in [0, 0.05) is 6.07 Å². The second-order valence-electron chi connectivity index (χ2n) is 2.71. The second-order valence-corrected chi connectivity index (χ2v) is 3.56. The first-order chi connectivity index (χ1) is 7.51. The van der Waals surface area contributed by atoms with Gasteiger partial charge in [0.25, 0.3) is 5.69 Å². The summed E-state index contributed by atoms with van der Waals surface area (Å²) in [7, 11) is 1.17. The standard InChI is InChI=1S/C9H5BrN2O4/c1-16-9(13)6-3-7(10)8(12(14)15)2-5(6)4-11/h2-3H,1H3. The van der Waals surface area contributed by atoms with Crippen LogP contribution in [-0.2, 0) is 4.74 Å². The van der Waals surface area contributed by atoms with Gasteiger partial charge in [0.2, 0.25) is 0 Å². The summed E-state index contributed by atoms with van der Waals surface area (Å²) in [5.74, 6) is -0.716. The molecule has 0 radical (unpaired) electrons. The lowest BCUT2D eigenvalue weighted by atomic mass is 10.1. The molecule has 0 amide bonds. The second kappa shape index (κ2) is 4.72. The average molecular weight is 285 g/mol. The Morgan fingerprint density at radius 2 is 2.25 bits per heavy atom. The number of hydrogen-bond acceptors (Lipinski definition) is 5. The highest BCUT2D eigenvalue weighted by Gasteiger charge is 2.20. The number of nitrogens with zero attached hydrogens (tertiary/aromatic N) is 2. The molecule has 16 heavy (non-hydrogen) atoms. The fraction of sp³-hybridized carbons (Fsp3) is 0.111. The van der Waals surface area contributed by atoms with Crippen molar-refractivity contribution < 1.29 is 14.5 Å². The summed E-state index contributed by atoms with van der Waals surface area (Å²) in [6.45, 7) is 0. The molecule has 0 heterocycles. The van der Waals surface area contributed by atoms with Crippen molar-refractivity contribution in [3.63, 3.8) is 0 Å². The topological polar surface area (TPSA) is 93.2 Å². The van der Waals surface area contributed by atoms with E-state index in [1.165, 1.54) is 13.2 Å². The van der Waals surface area contributed by atoms with Crippen LogP contribution in [0.1, 0.15) is 15.9 Å². The van der Waals surface area contributed by atoms with Crippen molar-refractivity contribution in [3.05, 3.63) is 37.8 Å². The van der Waals surface area contributed by atoms with Crippen molar-refractivity contribution in [2.75, 3.05) is 7.11 Å². The van der Waals surface area contributed by atoms with Crippen LogP contribution in [0.3, 0.4) is 0 Å². The fourth-order valence-electron chi connectivity index (χ4n) is 1.07. The summed E-state index contributed by atoms with van der Waals surface area (Å²) < 4.78 is 4.58. The number of ether oxygens (including phenoxy) is 1. The first-order valence-electron chi connectivity index (χ1n) is 3.97. The van der Waals surface area contributed by atoms with E-state index in [0.717, 1.165) is 6.07 Å². The number of esters is 1. The molecule has 0 aliphatic carbocycles. The summed E-state index contributed by atoms with van der Waals surface area (Å²) in [4.78, 5) is 21.2. The summed E-state index contributed by atoms with van der Waals surface area (Å²) in [5, 5.41) is 19.4. The number of halogens is 1. The normalized spacial score (nSPS) is 9.31. The predicted octanol–water partition coefficient (Wildman–Crippen LogP) is 2.02. The molecule has 0 bridgehead atoms. The monoisotopic (exact) mass is 284 g/mol. The van der Waals surface area contributed by atoms with Gasteiger partial charge >= 0.3 is 5.97 Å². The maximum atomic E-state index is 11.3. The van der Waals surface area contributed by atoms with Gasteiger partial charge in [0.15, 0.2) is 0 Å². The average Bonchev–Trinajstić information content (AvgIpc) is 2.27. The maximum Gasteiger partial charge on any atom is 0.339 e. The SMILES string of the molecule is COC(=O)c1cc(Br)c([N+](=O)[O-])cc1C#N. The van der Waals surface area contributed by atoms with Gasteiger partial charge in [0.1, 0.15) is 6.07 Å². The minimum absolute atomic E-state index is 0.0116. The van der Waals surface area contributed by atoms with Gasteiger partial charge in [-0.3, -0.25) is 10.1 Å². The number of nitro groups is 1. The highest BCUT2D eigenvalue weighted by Crippen LogP contribution is 2.28. The molecule has 1 aromatic carbocycles. The molecule has 0 aromatic heterocycles. The smallest absolute Gasteiger partial charge is 0.339 e. The van der Waals surface area contributed by atoms with E-state index in [1.54, 1.807) is 6.07 Å². The zero-order valence-corrected chi connectivity index (χ0v) is 9.65. The molecular formula is C9H5BrN2O4. The number of methoxy groups -OCH3 is 1. The van der Waals surface area contributed by atoms with Crippen molar-refractivity contribution in [2.45, 2.75) is 0 Å². The summed E-state index contributed by atoms with van der Waals surface area (Å²) in [5.41, 5.74) is -0.381. The van der Waals surface area contributed by atoms with Gasteiger partial charge in [-0.1, -0.05) is 0 Å². The third-order valence-corrected chi connectivity index (χ3v) is 2.44. The Bertz CT molecular complexity index is 507. The van der Waals surface area contributed by atoms with Crippen LogP contribution in [-0.4, -0.2) is 18.0 Å². The van der Waals surface area contributed by atoms with Gasteiger partial charge in [-0.15, -0.1) is 0 Å². The maximum absolute atomic E-state index is 11.3. The van der Waals surface area contributed by atoms with Crippen LogP contribution >= 0.6 is 15.9 Å². The molecule has 0 unspecified atom stereocenters. The van der Waals surface area contributed by atoms with E-state index in [9.17, 15) is 14.9 Å².